The lowest BCUT2D eigenvalue weighted by Gasteiger charge is -2.10. The van der Waals surface area contributed by atoms with E-state index in [1.165, 1.54) is 31.5 Å². The van der Waals surface area contributed by atoms with Crippen molar-refractivity contribution in [3.8, 4) is 5.75 Å². The van der Waals surface area contributed by atoms with E-state index < -0.39 is 5.91 Å². The molecule has 1 amide bonds. The minimum atomic E-state index is -0.545. The Kier molecular flexibility index (Phi) is 5.25. The number of nitrogens with zero attached hydrogens (tertiary/aromatic N) is 2. The van der Waals surface area contributed by atoms with Gasteiger partial charge < -0.3 is 16.2 Å². The number of methoxy groups -OCH3 is 1. The van der Waals surface area contributed by atoms with Gasteiger partial charge in [-0.1, -0.05) is 23.2 Å². The number of carbonyl (C=O) groups is 1. The van der Waals surface area contributed by atoms with Gasteiger partial charge in [0.1, 0.15) is 17.1 Å². The van der Waals surface area contributed by atoms with Crippen LogP contribution in [-0.2, 0) is 0 Å². The number of anilines is 1. The maximum absolute atomic E-state index is 12.1. The molecular weight excluding hydrogens is 341 g/mol. The molecule has 0 unspecified atom stereocenters. The van der Waals surface area contributed by atoms with Crippen molar-refractivity contribution in [2.24, 2.45) is 10.8 Å². The molecule has 0 saturated carbocycles. The minimum Gasteiger partial charge on any atom is -0.496 e. The van der Waals surface area contributed by atoms with Crippen LogP contribution in [0.1, 0.15) is 15.9 Å². The van der Waals surface area contributed by atoms with Crippen molar-refractivity contribution < 1.29 is 9.53 Å². The van der Waals surface area contributed by atoms with Crippen molar-refractivity contribution in [2.75, 3.05) is 12.8 Å². The summed E-state index contributed by atoms with van der Waals surface area (Å²) in [6, 6.07) is 6.04. The molecule has 2 aromatic rings. The third-order valence-electron chi connectivity index (χ3n) is 2.87. The van der Waals surface area contributed by atoms with Gasteiger partial charge in [-0.25, -0.2) is 10.4 Å². The highest BCUT2D eigenvalue weighted by molar-refractivity contribution is 6.36. The first-order chi connectivity index (χ1) is 10.9. The number of nitrogens with two attached hydrogens (primary N) is 2. The van der Waals surface area contributed by atoms with Gasteiger partial charge in [0.15, 0.2) is 5.84 Å². The lowest BCUT2D eigenvalue weighted by molar-refractivity contribution is 0.0955. The highest BCUT2D eigenvalue weighted by Gasteiger charge is 2.14. The van der Waals surface area contributed by atoms with Gasteiger partial charge in [0.2, 0.25) is 0 Å². The fourth-order valence-electron chi connectivity index (χ4n) is 1.79. The lowest BCUT2D eigenvalue weighted by Crippen LogP contribution is -2.25. The second-order valence-corrected chi connectivity index (χ2v) is 5.18. The smallest absolute Gasteiger partial charge is 0.272 e. The number of nitrogens with one attached hydrogen (secondary N) is 1. The van der Waals surface area contributed by atoms with E-state index >= 15 is 0 Å². The molecule has 0 fully saturated rings. The van der Waals surface area contributed by atoms with Gasteiger partial charge in [-0.05, 0) is 24.3 Å². The van der Waals surface area contributed by atoms with E-state index in [0.29, 0.717) is 10.8 Å². The summed E-state index contributed by atoms with van der Waals surface area (Å²) in [6.07, 6.45) is 1.47. The van der Waals surface area contributed by atoms with Crippen LogP contribution in [0.4, 0.5) is 5.82 Å². The Bertz CT molecular complexity index is 780. The molecule has 23 heavy (non-hydrogen) atoms. The van der Waals surface area contributed by atoms with Crippen molar-refractivity contribution in [3.63, 3.8) is 0 Å². The Morgan fingerprint density at radius 1 is 1.35 bits per heavy atom. The van der Waals surface area contributed by atoms with E-state index in [2.05, 4.69) is 15.5 Å². The minimum absolute atomic E-state index is 0.0501. The summed E-state index contributed by atoms with van der Waals surface area (Å²) in [5, 5.41) is 4.42. The standard InChI is InChI=1S/C14H13Cl2N5O2/c1-23-10-4-5-19-12(17)11(10)13(18)20-21-14(22)8-3-2-7(15)6-9(8)16/h2-6H,1H3,(H2,17,19)(H2,18,20)(H,21,22). The first-order valence-corrected chi connectivity index (χ1v) is 7.07. The molecule has 9 heteroatoms. The number of halogens is 2. The summed E-state index contributed by atoms with van der Waals surface area (Å²) in [7, 11) is 1.46. The van der Waals surface area contributed by atoms with Crippen molar-refractivity contribution in [1.29, 1.82) is 0 Å². The Hall–Kier alpha value is -2.51. The Balaban J connectivity index is 2.24. The molecule has 1 heterocycles. The molecule has 2 rings (SSSR count). The molecule has 120 valence electrons. The number of carbonyl (C=O) groups excluding carboxylic acids is 1. The number of rotatable bonds is 4. The molecule has 0 bridgehead atoms. The van der Waals surface area contributed by atoms with Gasteiger partial charge in [0, 0.05) is 11.2 Å². The van der Waals surface area contributed by atoms with Crippen molar-refractivity contribution >= 4 is 40.8 Å². The van der Waals surface area contributed by atoms with Crippen LogP contribution in [-0.4, -0.2) is 23.8 Å². The number of hydrogen-bond acceptors (Lipinski definition) is 5. The fourth-order valence-corrected chi connectivity index (χ4v) is 2.28. The zero-order valence-corrected chi connectivity index (χ0v) is 13.5. The summed E-state index contributed by atoms with van der Waals surface area (Å²) in [4.78, 5) is 16.0. The Morgan fingerprint density at radius 2 is 2.09 bits per heavy atom. The maximum atomic E-state index is 12.1. The van der Waals surface area contributed by atoms with Gasteiger partial charge in [-0.15, -0.1) is 0 Å². The molecule has 7 nitrogen and oxygen atoms in total. The molecule has 1 aromatic carbocycles. The Labute approximate surface area is 142 Å². The van der Waals surface area contributed by atoms with Gasteiger partial charge >= 0.3 is 0 Å². The zero-order chi connectivity index (χ0) is 17.0. The molecule has 0 atom stereocenters. The number of amides is 1. The molecule has 0 aliphatic rings. The third kappa shape index (κ3) is 3.82. The van der Waals surface area contributed by atoms with Crippen LogP contribution < -0.4 is 21.6 Å². The summed E-state index contributed by atoms with van der Waals surface area (Å²) < 4.78 is 5.14. The van der Waals surface area contributed by atoms with Crippen molar-refractivity contribution in [2.45, 2.75) is 0 Å². The van der Waals surface area contributed by atoms with E-state index in [9.17, 15) is 4.79 Å². The van der Waals surface area contributed by atoms with Crippen LogP contribution in [0.3, 0.4) is 0 Å². The van der Waals surface area contributed by atoms with Crippen LogP contribution in [0.15, 0.2) is 35.6 Å². The van der Waals surface area contributed by atoms with Crippen LogP contribution in [0, 0.1) is 0 Å². The van der Waals surface area contributed by atoms with E-state index in [4.69, 9.17) is 39.4 Å². The van der Waals surface area contributed by atoms with E-state index in [1.807, 2.05) is 0 Å². The monoisotopic (exact) mass is 353 g/mol. The second-order valence-electron chi connectivity index (χ2n) is 4.34. The van der Waals surface area contributed by atoms with Crippen LogP contribution in [0.25, 0.3) is 0 Å². The van der Waals surface area contributed by atoms with E-state index in [1.54, 1.807) is 6.07 Å². The summed E-state index contributed by atoms with van der Waals surface area (Å²) >= 11 is 11.7. The molecule has 1 aromatic heterocycles. The maximum Gasteiger partial charge on any atom is 0.272 e. The zero-order valence-electron chi connectivity index (χ0n) is 12.0. The van der Waals surface area contributed by atoms with Crippen LogP contribution in [0.2, 0.25) is 10.0 Å². The highest BCUT2D eigenvalue weighted by atomic mass is 35.5. The van der Waals surface area contributed by atoms with E-state index in [0.717, 1.165) is 0 Å². The predicted molar refractivity (Wildman–Crippen MR) is 89.9 cm³/mol. The number of hydrogen-bond donors (Lipinski definition) is 3. The number of amidine groups is 1. The average Bonchev–Trinajstić information content (AvgIpc) is 2.51. The topological polar surface area (TPSA) is 116 Å². The first-order valence-electron chi connectivity index (χ1n) is 6.31. The largest absolute Gasteiger partial charge is 0.496 e. The molecular formula is C14H13Cl2N5O2. The molecule has 0 saturated heterocycles. The molecule has 0 radical (unpaired) electrons. The second kappa shape index (κ2) is 7.17. The highest BCUT2D eigenvalue weighted by Crippen LogP contribution is 2.22. The van der Waals surface area contributed by atoms with Crippen LogP contribution in [0.5, 0.6) is 5.75 Å². The van der Waals surface area contributed by atoms with Crippen molar-refractivity contribution in [1.82, 2.24) is 10.4 Å². The number of benzene rings is 1. The molecule has 0 aliphatic heterocycles. The summed E-state index contributed by atoms with van der Waals surface area (Å²) in [6.45, 7) is 0. The normalized spacial score (nSPS) is 11.2. The quantitative estimate of drug-likeness (QED) is 0.441. The summed E-state index contributed by atoms with van der Waals surface area (Å²) in [5.74, 6) is -0.0798. The van der Waals surface area contributed by atoms with Gasteiger partial charge in [0.25, 0.3) is 5.91 Å². The lowest BCUT2D eigenvalue weighted by atomic mass is 10.2. The number of pyridine rings is 1. The average molecular weight is 354 g/mol. The third-order valence-corrected chi connectivity index (χ3v) is 3.42. The first kappa shape index (κ1) is 16.9. The van der Waals surface area contributed by atoms with Gasteiger partial charge in [-0.2, -0.15) is 5.10 Å². The molecule has 5 N–H and O–H groups in total. The number of aromatic nitrogens is 1. The number of hydrazone groups is 1. The Morgan fingerprint density at radius 3 is 2.74 bits per heavy atom. The summed E-state index contributed by atoms with van der Waals surface area (Å²) in [5.41, 5.74) is 14.4. The predicted octanol–water partition coefficient (Wildman–Crippen LogP) is 2.03. The number of ether oxygens (including phenoxy) is 1. The molecule has 0 spiro atoms. The van der Waals surface area contributed by atoms with Gasteiger partial charge in [0.05, 0.1) is 17.7 Å². The SMILES string of the molecule is COc1ccnc(N)c1C(N)=NNC(=O)c1ccc(Cl)cc1Cl. The fraction of sp³-hybridized carbons (Fsp3) is 0.0714. The van der Waals surface area contributed by atoms with Gasteiger partial charge in [-0.3, -0.25) is 4.79 Å². The van der Waals surface area contributed by atoms with Crippen LogP contribution >= 0.6 is 23.2 Å². The number of nitrogen functional groups attached to an aromatic ring is 1. The molecule has 0 aliphatic carbocycles. The van der Waals surface area contributed by atoms with Crippen molar-refractivity contribution in [3.05, 3.63) is 51.6 Å². The van der Waals surface area contributed by atoms with E-state index in [-0.39, 0.29) is 27.8 Å².